The fraction of sp³-hybridized carbons (Fsp3) is 0.933. The maximum Gasteiger partial charge on any atom is 0.220 e. The van der Waals surface area contributed by atoms with Crippen LogP contribution >= 0.6 is 0 Å². The highest BCUT2D eigenvalue weighted by Crippen LogP contribution is 2.40. The van der Waals surface area contributed by atoms with Crippen molar-refractivity contribution < 1.29 is 4.79 Å². The lowest BCUT2D eigenvalue weighted by molar-refractivity contribution is -0.122. The summed E-state index contributed by atoms with van der Waals surface area (Å²) < 4.78 is 0. The van der Waals surface area contributed by atoms with Crippen LogP contribution in [0.3, 0.4) is 0 Å². The molecule has 1 aliphatic heterocycles. The van der Waals surface area contributed by atoms with Crippen molar-refractivity contribution in [3.8, 4) is 0 Å². The molecule has 3 nitrogen and oxygen atoms in total. The first-order valence-electron chi connectivity index (χ1n) is 7.71. The van der Waals surface area contributed by atoms with Crippen LogP contribution in [0.1, 0.15) is 58.3 Å². The smallest absolute Gasteiger partial charge is 0.220 e. The molecule has 0 bridgehead atoms. The number of carbonyl (C=O) groups is 1. The molecule has 1 saturated heterocycles. The summed E-state index contributed by atoms with van der Waals surface area (Å²) in [5, 5.41) is 6.55. The van der Waals surface area contributed by atoms with Gasteiger partial charge in [-0.1, -0.05) is 19.8 Å². The van der Waals surface area contributed by atoms with Gasteiger partial charge in [-0.25, -0.2) is 0 Å². The van der Waals surface area contributed by atoms with Crippen molar-refractivity contribution in [1.82, 2.24) is 10.6 Å². The molecule has 1 saturated carbocycles. The Labute approximate surface area is 111 Å². The third kappa shape index (κ3) is 3.71. The number of piperidine rings is 1. The Hall–Kier alpha value is -0.570. The van der Waals surface area contributed by atoms with Gasteiger partial charge in [0.2, 0.25) is 5.91 Å². The molecule has 1 aliphatic carbocycles. The van der Waals surface area contributed by atoms with Crippen molar-refractivity contribution in [3.05, 3.63) is 0 Å². The van der Waals surface area contributed by atoms with E-state index in [4.69, 9.17) is 0 Å². The molecule has 0 aromatic heterocycles. The lowest BCUT2D eigenvalue weighted by atomic mass is 9.83. The van der Waals surface area contributed by atoms with E-state index in [1.54, 1.807) is 0 Å². The highest BCUT2D eigenvalue weighted by atomic mass is 16.1. The minimum atomic E-state index is 0.279. The van der Waals surface area contributed by atoms with E-state index in [0.29, 0.717) is 11.3 Å². The van der Waals surface area contributed by atoms with Crippen molar-refractivity contribution in [3.63, 3.8) is 0 Å². The van der Waals surface area contributed by atoms with Gasteiger partial charge in [0, 0.05) is 13.0 Å². The topological polar surface area (TPSA) is 41.1 Å². The van der Waals surface area contributed by atoms with E-state index >= 15 is 0 Å². The molecule has 0 radical (unpaired) electrons. The Bertz CT molecular complexity index is 266. The van der Waals surface area contributed by atoms with Gasteiger partial charge >= 0.3 is 0 Å². The molecule has 2 aliphatic rings. The van der Waals surface area contributed by atoms with E-state index in [0.717, 1.165) is 38.9 Å². The highest BCUT2D eigenvalue weighted by molar-refractivity contribution is 5.76. The first-order chi connectivity index (χ1) is 8.74. The van der Waals surface area contributed by atoms with Gasteiger partial charge in [-0.15, -0.1) is 0 Å². The zero-order valence-corrected chi connectivity index (χ0v) is 11.8. The molecule has 18 heavy (non-hydrogen) atoms. The molecule has 2 fully saturated rings. The van der Waals surface area contributed by atoms with E-state index in [1.807, 2.05) is 0 Å². The predicted octanol–water partition coefficient (Wildman–Crippen LogP) is 2.46. The Kier molecular flexibility index (Phi) is 5.04. The molecule has 3 heteroatoms. The van der Waals surface area contributed by atoms with Crippen LogP contribution in [-0.4, -0.2) is 25.5 Å². The minimum Gasteiger partial charge on any atom is -0.356 e. The van der Waals surface area contributed by atoms with Gasteiger partial charge in [0.25, 0.3) is 0 Å². The molecule has 0 spiro atoms. The summed E-state index contributed by atoms with van der Waals surface area (Å²) in [6.45, 7) is 5.34. The summed E-state index contributed by atoms with van der Waals surface area (Å²) in [6, 6.07) is 0. The number of rotatable bonds is 5. The van der Waals surface area contributed by atoms with Crippen molar-refractivity contribution in [2.24, 2.45) is 11.3 Å². The molecule has 2 N–H and O–H groups in total. The normalized spacial score (nSPS) is 24.1. The van der Waals surface area contributed by atoms with E-state index < -0.39 is 0 Å². The maximum absolute atomic E-state index is 12.0. The van der Waals surface area contributed by atoms with Gasteiger partial charge in [-0.2, -0.15) is 0 Å². The summed E-state index contributed by atoms with van der Waals surface area (Å²) in [6.07, 6.45) is 9.56. The van der Waals surface area contributed by atoms with Crippen LogP contribution < -0.4 is 10.6 Å². The third-order valence-electron chi connectivity index (χ3n) is 5.01. The number of carbonyl (C=O) groups excluding carboxylic acids is 1. The lowest BCUT2D eigenvalue weighted by Gasteiger charge is -2.28. The lowest BCUT2D eigenvalue weighted by Crippen LogP contribution is -2.37. The standard InChI is InChI=1S/C15H28N2O/c1-2-15(7-3-4-8-15)12-17-14(18)11-13-5-9-16-10-6-13/h13,16H,2-12H2,1H3,(H,17,18). The summed E-state index contributed by atoms with van der Waals surface area (Å²) in [4.78, 5) is 12.0. The zero-order valence-electron chi connectivity index (χ0n) is 11.8. The summed E-state index contributed by atoms with van der Waals surface area (Å²) in [7, 11) is 0. The predicted molar refractivity (Wildman–Crippen MR) is 74.4 cm³/mol. The van der Waals surface area contributed by atoms with Gasteiger partial charge in [0.05, 0.1) is 0 Å². The van der Waals surface area contributed by atoms with E-state index in [-0.39, 0.29) is 5.91 Å². The second kappa shape index (κ2) is 6.55. The van der Waals surface area contributed by atoms with Gasteiger partial charge in [0.15, 0.2) is 0 Å². The Morgan fingerprint density at radius 2 is 1.94 bits per heavy atom. The Morgan fingerprint density at radius 3 is 2.56 bits per heavy atom. The highest BCUT2D eigenvalue weighted by Gasteiger charge is 2.32. The van der Waals surface area contributed by atoms with Crippen LogP contribution in [0.25, 0.3) is 0 Å². The second-order valence-corrected chi connectivity index (χ2v) is 6.23. The molecule has 2 rings (SSSR count). The molecule has 1 heterocycles. The van der Waals surface area contributed by atoms with E-state index in [1.165, 1.54) is 32.1 Å². The van der Waals surface area contributed by atoms with Crippen LogP contribution in [0.15, 0.2) is 0 Å². The summed E-state index contributed by atoms with van der Waals surface area (Å²) in [5.74, 6) is 0.883. The number of hydrogen-bond acceptors (Lipinski definition) is 2. The monoisotopic (exact) mass is 252 g/mol. The number of hydrogen-bond donors (Lipinski definition) is 2. The SMILES string of the molecule is CCC1(CNC(=O)CC2CCNCC2)CCCC1. The molecular formula is C15H28N2O. The average Bonchev–Trinajstić information content (AvgIpc) is 2.87. The van der Waals surface area contributed by atoms with Crippen LogP contribution in [-0.2, 0) is 4.79 Å². The molecule has 0 unspecified atom stereocenters. The van der Waals surface area contributed by atoms with E-state index in [2.05, 4.69) is 17.6 Å². The molecular weight excluding hydrogens is 224 g/mol. The van der Waals surface area contributed by atoms with Gasteiger partial charge in [0.1, 0.15) is 0 Å². The first-order valence-corrected chi connectivity index (χ1v) is 7.71. The van der Waals surface area contributed by atoms with Crippen molar-refractivity contribution >= 4 is 5.91 Å². The third-order valence-corrected chi connectivity index (χ3v) is 5.01. The Balaban J connectivity index is 1.70. The van der Waals surface area contributed by atoms with Crippen LogP contribution in [0.2, 0.25) is 0 Å². The molecule has 0 aromatic rings. The average molecular weight is 252 g/mol. The fourth-order valence-corrected chi connectivity index (χ4v) is 3.49. The van der Waals surface area contributed by atoms with Gasteiger partial charge in [-0.3, -0.25) is 4.79 Å². The maximum atomic E-state index is 12.0. The van der Waals surface area contributed by atoms with E-state index in [9.17, 15) is 4.79 Å². The molecule has 1 amide bonds. The van der Waals surface area contributed by atoms with Crippen molar-refractivity contribution in [1.29, 1.82) is 0 Å². The minimum absolute atomic E-state index is 0.279. The molecule has 0 atom stereocenters. The van der Waals surface area contributed by atoms with Crippen LogP contribution in [0.5, 0.6) is 0 Å². The second-order valence-electron chi connectivity index (χ2n) is 6.23. The molecule has 104 valence electrons. The number of nitrogens with one attached hydrogen (secondary N) is 2. The largest absolute Gasteiger partial charge is 0.356 e. The van der Waals surface area contributed by atoms with Crippen molar-refractivity contribution in [2.45, 2.75) is 58.3 Å². The fourth-order valence-electron chi connectivity index (χ4n) is 3.49. The van der Waals surface area contributed by atoms with Crippen LogP contribution in [0.4, 0.5) is 0 Å². The summed E-state index contributed by atoms with van der Waals surface area (Å²) in [5.41, 5.74) is 0.420. The van der Waals surface area contributed by atoms with Crippen molar-refractivity contribution in [2.75, 3.05) is 19.6 Å². The first kappa shape index (κ1) is 13.9. The molecule has 0 aromatic carbocycles. The number of amides is 1. The van der Waals surface area contributed by atoms with Gasteiger partial charge < -0.3 is 10.6 Å². The quantitative estimate of drug-likeness (QED) is 0.789. The van der Waals surface area contributed by atoms with Crippen LogP contribution in [0, 0.1) is 11.3 Å². The Morgan fingerprint density at radius 1 is 1.28 bits per heavy atom. The van der Waals surface area contributed by atoms with Gasteiger partial charge in [-0.05, 0) is 56.5 Å². The zero-order chi connectivity index (χ0) is 12.8. The summed E-state index contributed by atoms with van der Waals surface area (Å²) >= 11 is 0.